The number of anilines is 1. The minimum absolute atomic E-state index is 0.0242. The third kappa shape index (κ3) is 4.68. The number of hydrogen-bond acceptors (Lipinski definition) is 6. The van der Waals surface area contributed by atoms with Gasteiger partial charge in [0.2, 0.25) is 5.89 Å². The summed E-state index contributed by atoms with van der Waals surface area (Å²) in [6, 6.07) is 14.6. The number of amides is 1. The average Bonchev–Trinajstić information content (AvgIpc) is 3.22. The summed E-state index contributed by atoms with van der Waals surface area (Å²) in [5.41, 5.74) is 0.458. The van der Waals surface area contributed by atoms with Gasteiger partial charge in [-0.25, -0.2) is 8.42 Å². The second-order valence-electron chi connectivity index (χ2n) is 7.78. The Hall–Kier alpha value is -3.20. The SMILES string of the molecule is CN(c1ccccc1)S(=O)(=O)c1cccc(C(=O)NCc2noc(C(C)(C)C)n2)c1. The van der Waals surface area contributed by atoms with Crippen LogP contribution in [0.4, 0.5) is 5.69 Å². The third-order valence-electron chi connectivity index (χ3n) is 4.39. The molecule has 0 saturated heterocycles. The van der Waals surface area contributed by atoms with Crippen molar-refractivity contribution in [2.75, 3.05) is 11.4 Å². The van der Waals surface area contributed by atoms with Crippen LogP contribution in [0.1, 0.15) is 42.8 Å². The monoisotopic (exact) mass is 428 g/mol. The fourth-order valence-electron chi connectivity index (χ4n) is 2.62. The summed E-state index contributed by atoms with van der Waals surface area (Å²) in [5, 5.41) is 6.55. The van der Waals surface area contributed by atoms with E-state index in [1.165, 1.54) is 29.6 Å². The molecule has 8 nitrogen and oxygen atoms in total. The number of benzene rings is 2. The van der Waals surface area contributed by atoms with E-state index in [1.807, 2.05) is 26.8 Å². The van der Waals surface area contributed by atoms with Crippen LogP contribution < -0.4 is 9.62 Å². The Morgan fingerprint density at radius 3 is 2.43 bits per heavy atom. The second kappa shape index (κ2) is 8.27. The van der Waals surface area contributed by atoms with E-state index >= 15 is 0 Å². The molecule has 3 rings (SSSR count). The number of nitrogens with one attached hydrogen (secondary N) is 1. The molecule has 1 aromatic heterocycles. The van der Waals surface area contributed by atoms with Gasteiger partial charge in [-0.2, -0.15) is 4.98 Å². The molecule has 158 valence electrons. The van der Waals surface area contributed by atoms with Gasteiger partial charge >= 0.3 is 0 Å². The molecule has 0 fully saturated rings. The summed E-state index contributed by atoms with van der Waals surface area (Å²) >= 11 is 0. The van der Waals surface area contributed by atoms with E-state index < -0.39 is 15.9 Å². The molecule has 0 aliphatic rings. The molecular weight excluding hydrogens is 404 g/mol. The largest absolute Gasteiger partial charge is 0.345 e. The van der Waals surface area contributed by atoms with Gasteiger partial charge in [0.15, 0.2) is 5.82 Å². The highest BCUT2D eigenvalue weighted by Crippen LogP contribution is 2.22. The molecule has 0 unspecified atom stereocenters. The van der Waals surface area contributed by atoms with Crippen molar-refractivity contribution in [3.63, 3.8) is 0 Å². The number of sulfonamides is 1. The van der Waals surface area contributed by atoms with E-state index in [0.717, 1.165) is 0 Å². The molecule has 0 atom stereocenters. The van der Waals surface area contributed by atoms with Gasteiger partial charge in [-0.15, -0.1) is 0 Å². The minimum atomic E-state index is -3.81. The van der Waals surface area contributed by atoms with Gasteiger partial charge in [-0.1, -0.05) is 50.2 Å². The van der Waals surface area contributed by atoms with Gasteiger partial charge < -0.3 is 9.84 Å². The van der Waals surface area contributed by atoms with Crippen LogP contribution in [0.25, 0.3) is 0 Å². The zero-order valence-corrected chi connectivity index (χ0v) is 18.1. The van der Waals surface area contributed by atoms with Gasteiger partial charge in [0.05, 0.1) is 17.1 Å². The number of carbonyl (C=O) groups is 1. The molecule has 0 spiro atoms. The van der Waals surface area contributed by atoms with E-state index in [-0.39, 0.29) is 22.4 Å². The summed E-state index contributed by atoms with van der Waals surface area (Å²) in [4.78, 5) is 16.8. The second-order valence-corrected chi connectivity index (χ2v) is 9.75. The Balaban J connectivity index is 1.74. The quantitative estimate of drug-likeness (QED) is 0.647. The van der Waals surface area contributed by atoms with E-state index in [0.29, 0.717) is 17.4 Å². The number of hydrogen-bond donors (Lipinski definition) is 1. The molecule has 0 radical (unpaired) electrons. The lowest BCUT2D eigenvalue weighted by atomic mass is 9.97. The molecule has 0 bridgehead atoms. The lowest BCUT2D eigenvalue weighted by molar-refractivity contribution is 0.0949. The Bertz CT molecular complexity index is 1140. The first-order valence-electron chi connectivity index (χ1n) is 9.34. The van der Waals surface area contributed by atoms with Crippen molar-refractivity contribution in [2.45, 2.75) is 37.6 Å². The maximum absolute atomic E-state index is 12.9. The molecule has 30 heavy (non-hydrogen) atoms. The summed E-state index contributed by atoms with van der Waals surface area (Å²) in [6.45, 7) is 5.91. The van der Waals surface area contributed by atoms with Crippen molar-refractivity contribution in [3.8, 4) is 0 Å². The molecule has 0 saturated carbocycles. The highest BCUT2D eigenvalue weighted by molar-refractivity contribution is 7.92. The van der Waals surface area contributed by atoms with Crippen molar-refractivity contribution >= 4 is 21.6 Å². The van der Waals surface area contributed by atoms with Crippen molar-refractivity contribution in [3.05, 3.63) is 71.9 Å². The summed E-state index contributed by atoms with van der Waals surface area (Å²) in [7, 11) is -2.34. The van der Waals surface area contributed by atoms with Gasteiger partial charge in [0, 0.05) is 18.0 Å². The van der Waals surface area contributed by atoms with Crippen LogP contribution in [-0.4, -0.2) is 31.5 Å². The van der Waals surface area contributed by atoms with Crippen LogP contribution in [-0.2, 0) is 22.0 Å². The zero-order chi connectivity index (χ0) is 21.9. The number of rotatable bonds is 6. The highest BCUT2D eigenvalue weighted by atomic mass is 32.2. The molecule has 0 aliphatic heterocycles. The number of aromatic nitrogens is 2. The summed E-state index contributed by atoms with van der Waals surface area (Å²) < 4.78 is 32.3. The first kappa shape index (κ1) is 21.5. The van der Waals surface area contributed by atoms with Crippen LogP contribution in [0.2, 0.25) is 0 Å². The Kier molecular flexibility index (Phi) is 5.93. The van der Waals surface area contributed by atoms with Crippen molar-refractivity contribution in [1.82, 2.24) is 15.5 Å². The first-order chi connectivity index (χ1) is 14.1. The predicted molar refractivity (Wildman–Crippen MR) is 113 cm³/mol. The molecule has 2 aromatic carbocycles. The zero-order valence-electron chi connectivity index (χ0n) is 17.3. The van der Waals surface area contributed by atoms with Crippen LogP contribution in [0, 0.1) is 0 Å². The maximum Gasteiger partial charge on any atom is 0.264 e. The summed E-state index contributed by atoms with van der Waals surface area (Å²) in [5.74, 6) is 0.390. The van der Waals surface area contributed by atoms with Crippen molar-refractivity contribution in [2.24, 2.45) is 0 Å². The Labute approximate surface area is 176 Å². The third-order valence-corrected chi connectivity index (χ3v) is 6.17. The fraction of sp³-hybridized carbons (Fsp3) is 0.286. The van der Waals surface area contributed by atoms with Crippen molar-refractivity contribution < 1.29 is 17.7 Å². The molecule has 1 N–H and O–H groups in total. The van der Waals surface area contributed by atoms with Crippen LogP contribution in [0.15, 0.2) is 64.0 Å². The number of para-hydroxylation sites is 1. The van der Waals surface area contributed by atoms with Crippen LogP contribution in [0.5, 0.6) is 0 Å². The number of carbonyl (C=O) groups excluding carboxylic acids is 1. The van der Waals surface area contributed by atoms with E-state index in [2.05, 4.69) is 15.5 Å². The van der Waals surface area contributed by atoms with E-state index in [4.69, 9.17) is 4.52 Å². The molecule has 0 aliphatic carbocycles. The van der Waals surface area contributed by atoms with Gasteiger partial charge in [0.1, 0.15) is 0 Å². The molecular formula is C21H24N4O4S. The van der Waals surface area contributed by atoms with Crippen LogP contribution >= 0.6 is 0 Å². The predicted octanol–water partition coefficient (Wildman–Crippen LogP) is 3.12. The molecule has 9 heteroatoms. The smallest absolute Gasteiger partial charge is 0.264 e. The average molecular weight is 429 g/mol. The highest BCUT2D eigenvalue weighted by Gasteiger charge is 2.23. The van der Waals surface area contributed by atoms with Crippen LogP contribution in [0.3, 0.4) is 0 Å². The topological polar surface area (TPSA) is 105 Å². The standard InChI is InChI=1S/C21H24N4O4S/c1-21(2,3)20-23-18(24-29-20)14-22-19(26)15-9-8-12-17(13-15)30(27,28)25(4)16-10-6-5-7-11-16/h5-13H,14H2,1-4H3,(H,22,26). The number of nitrogens with zero attached hydrogens (tertiary/aromatic N) is 3. The normalized spacial score (nSPS) is 11.9. The lowest BCUT2D eigenvalue weighted by Gasteiger charge is -2.19. The van der Waals surface area contributed by atoms with E-state index in [1.54, 1.807) is 30.3 Å². The van der Waals surface area contributed by atoms with E-state index in [9.17, 15) is 13.2 Å². The van der Waals surface area contributed by atoms with Gasteiger partial charge in [-0.05, 0) is 30.3 Å². The fourth-order valence-corrected chi connectivity index (χ4v) is 3.87. The Morgan fingerprint density at radius 2 is 1.80 bits per heavy atom. The van der Waals surface area contributed by atoms with Gasteiger partial charge in [0.25, 0.3) is 15.9 Å². The molecule has 3 aromatic rings. The van der Waals surface area contributed by atoms with Gasteiger partial charge in [-0.3, -0.25) is 9.10 Å². The minimum Gasteiger partial charge on any atom is -0.345 e. The van der Waals surface area contributed by atoms with Crippen molar-refractivity contribution in [1.29, 1.82) is 0 Å². The first-order valence-corrected chi connectivity index (χ1v) is 10.8. The summed E-state index contributed by atoms with van der Waals surface area (Å²) in [6.07, 6.45) is 0. The lowest BCUT2D eigenvalue weighted by Crippen LogP contribution is -2.27. The molecule has 1 amide bonds. The maximum atomic E-state index is 12.9. The Morgan fingerprint density at radius 1 is 1.10 bits per heavy atom. The molecule has 1 heterocycles.